The first kappa shape index (κ1) is 14.9. The highest BCUT2D eigenvalue weighted by molar-refractivity contribution is 6.00. The molecule has 2 atom stereocenters. The van der Waals surface area contributed by atoms with Gasteiger partial charge in [-0.1, -0.05) is 11.6 Å². The Balaban J connectivity index is 2.25. The van der Waals surface area contributed by atoms with Crippen LogP contribution in [0.15, 0.2) is 18.2 Å². The third-order valence-electron chi connectivity index (χ3n) is 3.48. The molecule has 1 amide bonds. The van der Waals surface area contributed by atoms with Crippen molar-refractivity contribution >= 4 is 11.6 Å². The SMILES string of the molecule is CCNc1ccc(C)cc1C(=O)N1CC(C)OC(C)C1. The number of rotatable bonds is 3. The molecule has 2 unspecified atom stereocenters. The topological polar surface area (TPSA) is 41.6 Å². The van der Waals surface area contributed by atoms with Crippen LogP contribution >= 0.6 is 0 Å². The first-order valence-corrected chi connectivity index (χ1v) is 7.30. The minimum Gasteiger partial charge on any atom is -0.385 e. The van der Waals surface area contributed by atoms with Gasteiger partial charge in [0.15, 0.2) is 0 Å². The number of carbonyl (C=O) groups excluding carboxylic acids is 1. The molecule has 4 heteroatoms. The van der Waals surface area contributed by atoms with E-state index >= 15 is 0 Å². The van der Waals surface area contributed by atoms with E-state index in [2.05, 4.69) is 5.32 Å². The highest BCUT2D eigenvalue weighted by atomic mass is 16.5. The van der Waals surface area contributed by atoms with Crippen molar-refractivity contribution in [2.24, 2.45) is 0 Å². The van der Waals surface area contributed by atoms with Gasteiger partial charge in [-0.15, -0.1) is 0 Å². The Labute approximate surface area is 121 Å². The van der Waals surface area contributed by atoms with Crippen molar-refractivity contribution in [2.75, 3.05) is 25.0 Å². The second kappa shape index (κ2) is 6.27. The number of benzene rings is 1. The average Bonchev–Trinajstić information content (AvgIpc) is 2.39. The molecule has 0 saturated carbocycles. The number of hydrogen-bond acceptors (Lipinski definition) is 3. The molecule has 1 saturated heterocycles. The predicted octanol–water partition coefficient (Wildman–Crippen LogP) is 2.68. The van der Waals surface area contributed by atoms with Crippen molar-refractivity contribution in [3.63, 3.8) is 0 Å². The molecule has 0 radical (unpaired) electrons. The van der Waals surface area contributed by atoms with Gasteiger partial charge in [0.2, 0.25) is 0 Å². The van der Waals surface area contributed by atoms with Crippen LogP contribution in [0.4, 0.5) is 5.69 Å². The molecule has 1 aromatic rings. The van der Waals surface area contributed by atoms with E-state index in [0.717, 1.165) is 23.4 Å². The number of anilines is 1. The summed E-state index contributed by atoms with van der Waals surface area (Å²) in [6, 6.07) is 5.98. The van der Waals surface area contributed by atoms with Crippen molar-refractivity contribution in [3.8, 4) is 0 Å². The third kappa shape index (κ3) is 3.31. The van der Waals surface area contributed by atoms with Gasteiger partial charge in [-0.2, -0.15) is 0 Å². The van der Waals surface area contributed by atoms with Gasteiger partial charge >= 0.3 is 0 Å². The van der Waals surface area contributed by atoms with Crippen LogP contribution in [0.1, 0.15) is 36.7 Å². The zero-order chi connectivity index (χ0) is 14.7. The fourth-order valence-electron chi connectivity index (χ4n) is 2.69. The molecular weight excluding hydrogens is 252 g/mol. The van der Waals surface area contributed by atoms with Crippen LogP contribution in [0.2, 0.25) is 0 Å². The van der Waals surface area contributed by atoms with Gasteiger partial charge in [0, 0.05) is 25.3 Å². The lowest BCUT2D eigenvalue weighted by Crippen LogP contribution is -2.48. The van der Waals surface area contributed by atoms with E-state index in [9.17, 15) is 4.79 Å². The molecule has 2 rings (SSSR count). The minimum absolute atomic E-state index is 0.0895. The van der Waals surface area contributed by atoms with Crippen molar-refractivity contribution in [3.05, 3.63) is 29.3 Å². The fourth-order valence-corrected chi connectivity index (χ4v) is 2.69. The van der Waals surface area contributed by atoms with Gasteiger partial charge in [0.1, 0.15) is 0 Å². The number of nitrogens with one attached hydrogen (secondary N) is 1. The molecule has 110 valence electrons. The molecule has 4 nitrogen and oxygen atoms in total. The number of ether oxygens (including phenoxy) is 1. The predicted molar refractivity (Wildman–Crippen MR) is 81.3 cm³/mol. The summed E-state index contributed by atoms with van der Waals surface area (Å²) in [5.74, 6) is 0.0895. The van der Waals surface area contributed by atoms with Crippen LogP contribution in [0.5, 0.6) is 0 Å². The Morgan fingerprint density at radius 1 is 1.35 bits per heavy atom. The lowest BCUT2D eigenvalue weighted by atomic mass is 10.1. The summed E-state index contributed by atoms with van der Waals surface area (Å²) in [7, 11) is 0. The zero-order valence-corrected chi connectivity index (χ0v) is 12.8. The summed E-state index contributed by atoms with van der Waals surface area (Å²) in [4.78, 5) is 14.7. The van der Waals surface area contributed by atoms with E-state index in [0.29, 0.717) is 13.1 Å². The van der Waals surface area contributed by atoms with E-state index in [1.807, 2.05) is 50.8 Å². The molecule has 1 aromatic carbocycles. The summed E-state index contributed by atoms with van der Waals surface area (Å²) >= 11 is 0. The van der Waals surface area contributed by atoms with E-state index in [4.69, 9.17) is 4.74 Å². The second-order valence-corrected chi connectivity index (χ2v) is 5.55. The molecule has 1 fully saturated rings. The van der Waals surface area contributed by atoms with Crippen molar-refractivity contribution in [2.45, 2.75) is 39.9 Å². The number of nitrogens with zero attached hydrogens (tertiary/aromatic N) is 1. The Morgan fingerprint density at radius 3 is 2.60 bits per heavy atom. The summed E-state index contributed by atoms with van der Waals surface area (Å²) in [5.41, 5.74) is 2.77. The van der Waals surface area contributed by atoms with Gasteiger partial charge in [-0.3, -0.25) is 4.79 Å². The maximum atomic E-state index is 12.8. The maximum absolute atomic E-state index is 12.8. The van der Waals surface area contributed by atoms with Crippen LogP contribution in [-0.4, -0.2) is 42.6 Å². The molecule has 0 bridgehead atoms. The molecule has 1 aliphatic rings. The Hall–Kier alpha value is -1.55. The van der Waals surface area contributed by atoms with Crippen molar-refractivity contribution in [1.82, 2.24) is 4.90 Å². The largest absolute Gasteiger partial charge is 0.385 e. The number of amides is 1. The van der Waals surface area contributed by atoms with E-state index in [1.165, 1.54) is 0 Å². The molecule has 20 heavy (non-hydrogen) atoms. The van der Waals surface area contributed by atoms with Crippen LogP contribution < -0.4 is 5.32 Å². The van der Waals surface area contributed by atoms with Gasteiger partial charge in [-0.05, 0) is 39.8 Å². The highest BCUT2D eigenvalue weighted by Crippen LogP contribution is 2.21. The van der Waals surface area contributed by atoms with Gasteiger partial charge in [0.25, 0.3) is 5.91 Å². The van der Waals surface area contributed by atoms with Crippen molar-refractivity contribution < 1.29 is 9.53 Å². The molecular formula is C16H24N2O2. The quantitative estimate of drug-likeness (QED) is 0.923. The normalized spacial score (nSPS) is 22.7. The standard InChI is InChI=1S/C16H24N2O2/c1-5-17-15-7-6-11(2)8-14(15)16(19)18-9-12(3)20-13(4)10-18/h6-8,12-13,17H,5,9-10H2,1-4H3. The average molecular weight is 276 g/mol. The van der Waals surface area contributed by atoms with E-state index in [1.54, 1.807) is 0 Å². The van der Waals surface area contributed by atoms with Gasteiger partial charge in [0.05, 0.1) is 17.8 Å². The lowest BCUT2D eigenvalue weighted by molar-refractivity contribution is -0.0585. The fraction of sp³-hybridized carbons (Fsp3) is 0.562. The van der Waals surface area contributed by atoms with Crippen LogP contribution in [0.3, 0.4) is 0 Å². The minimum atomic E-state index is 0.0895. The first-order chi connectivity index (χ1) is 9.51. The van der Waals surface area contributed by atoms with E-state index < -0.39 is 0 Å². The summed E-state index contributed by atoms with van der Waals surface area (Å²) in [6.45, 7) is 10.2. The first-order valence-electron chi connectivity index (χ1n) is 7.30. The number of carbonyl (C=O) groups is 1. The number of morpholine rings is 1. The molecule has 0 aromatic heterocycles. The Kier molecular flexibility index (Phi) is 4.65. The van der Waals surface area contributed by atoms with Crippen LogP contribution in [0.25, 0.3) is 0 Å². The molecule has 0 spiro atoms. The zero-order valence-electron chi connectivity index (χ0n) is 12.8. The summed E-state index contributed by atoms with van der Waals surface area (Å²) in [5, 5.41) is 3.27. The molecule has 1 N–H and O–H groups in total. The lowest BCUT2D eigenvalue weighted by Gasteiger charge is -2.35. The third-order valence-corrected chi connectivity index (χ3v) is 3.48. The van der Waals surface area contributed by atoms with E-state index in [-0.39, 0.29) is 18.1 Å². The van der Waals surface area contributed by atoms with Crippen molar-refractivity contribution in [1.29, 1.82) is 0 Å². The molecule has 1 aliphatic heterocycles. The van der Waals surface area contributed by atoms with Gasteiger partial charge < -0.3 is 15.0 Å². The highest BCUT2D eigenvalue weighted by Gasteiger charge is 2.27. The smallest absolute Gasteiger partial charge is 0.256 e. The Bertz CT molecular complexity index is 477. The summed E-state index contributed by atoms with van der Waals surface area (Å²) < 4.78 is 5.69. The van der Waals surface area contributed by atoms with Crippen LogP contribution in [0, 0.1) is 6.92 Å². The molecule has 0 aliphatic carbocycles. The van der Waals surface area contributed by atoms with Crippen LogP contribution in [-0.2, 0) is 4.74 Å². The monoisotopic (exact) mass is 276 g/mol. The number of aryl methyl sites for hydroxylation is 1. The molecule has 1 heterocycles. The van der Waals surface area contributed by atoms with Gasteiger partial charge in [-0.25, -0.2) is 0 Å². The number of hydrogen-bond donors (Lipinski definition) is 1. The Morgan fingerprint density at radius 2 is 2.00 bits per heavy atom. The maximum Gasteiger partial charge on any atom is 0.256 e. The second-order valence-electron chi connectivity index (χ2n) is 5.55. The summed E-state index contributed by atoms with van der Waals surface area (Å²) in [6.07, 6.45) is 0.185.